The number of methoxy groups -OCH3 is 3. The summed E-state index contributed by atoms with van der Waals surface area (Å²) in [7, 11) is 6.33. The van der Waals surface area contributed by atoms with E-state index < -0.39 is 0 Å². The minimum atomic E-state index is -0.123. The second-order valence-electron chi connectivity index (χ2n) is 4.19. The lowest BCUT2D eigenvalue weighted by Crippen LogP contribution is -2.22. The summed E-state index contributed by atoms with van der Waals surface area (Å²) in [5.41, 5.74) is 0.726. The second kappa shape index (κ2) is 6.36. The fourth-order valence-corrected chi connectivity index (χ4v) is 3.02. The summed E-state index contributed by atoms with van der Waals surface area (Å²) in [5.74, 6) is 1.60. The van der Waals surface area contributed by atoms with Crippen molar-refractivity contribution in [2.24, 2.45) is 0 Å². The normalized spacial score (nSPS) is 16.6. The molecule has 112 valence electrons. The number of carbonyl (C=O) groups excluding carboxylic acids is 1. The first-order valence-electron chi connectivity index (χ1n) is 6.03. The molecule has 0 spiro atoms. The van der Waals surface area contributed by atoms with Crippen LogP contribution in [0.5, 0.6) is 17.2 Å². The van der Waals surface area contributed by atoms with Gasteiger partial charge in [-0.1, -0.05) is 24.0 Å². The van der Waals surface area contributed by atoms with Gasteiger partial charge >= 0.3 is 0 Å². The molecule has 0 atom stereocenters. The fourth-order valence-electron chi connectivity index (χ4n) is 1.85. The van der Waals surface area contributed by atoms with Gasteiger partial charge in [-0.05, 0) is 12.1 Å². The monoisotopic (exact) mass is 325 g/mol. The standard InChI is InChI=1S/C14H15NO4S2/c1-15-13(16)12(21-14(15)20)6-8-5-10(18-3)11(19-4)7-9(8)17-2/h5-7H,1-4H3/b12-6-. The minimum Gasteiger partial charge on any atom is -0.496 e. The lowest BCUT2D eigenvalue weighted by molar-refractivity contribution is -0.121. The van der Waals surface area contributed by atoms with Crippen LogP contribution in [0.3, 0.4) is 0 Å². The van der Waals surface area contributed by atoms with Gasteiger partial charge in [0, 0.05) is 18.7 Å². The molecule has 5 nitrogen and oxygen atoms in total. The lowest BCUT2D eigenvalue weighted by atomic mass is 10.1. The number of thiocarbonyl (C=S) groups is 1. The van der Waals surface area contributed by atoms with Crippen LogP contribution in [0.1, 0.15) is 5.56 Å². The van der Waals surface area contributed by atoms with E-state index in [1.54, 1.807) is 46.6 Å². The van der Waals surface area contributed by atoms with Gasteiger partial charge in [-0.2, -0.15) is 0 Å². The third-order valence-corrected chi connectivity index (χ3v) is 4.49. The summed E-state index contributed by atoms with van der Waals surface area (Å²) < 4.78 is 16.4. The van der Waals surface area contributed by atoms with Crippen molar-refractivity contribution in [2.75, 3.05) is 28.4 Å². The van der Waals surface area contributed by atoms with E-state index in [9.17, 15) is 4.79 Å². The first kappa shape index (κ1) is 15.7. The van der Waals surface area contributed by atoms with E-state index >= 15 is 0 Å². The van der Waals surface area contributed by atoms with Gasteiger partial charge in [0.15, 0.2) is 11.5 Å². The van der Waals surface area contributed by atoms with Gasteiger partial charge in [-0.15, -0.1) is 0 Å². The van der Waals surface area contributed by atoms with Crippen LogP contribution in [0.15, 0.2) is 17.0 Å². The number of hydrogen-bond acceptors (Lipinski definition) is 6. The van der Waals surface area contributed by atoms with Gasteiger partial charge in [0.05, 0.1) is 26.2 Å². The third-order valence-electron chi connectivity index (χ3n) is 3.01. The van der Waals surface area contributed by atoms with E-state index in [1.807, 2.05) is 0 Å². The quantitative estimate of drug-likeness (QED) is 0.626. The zero-order valence-corrected chi connectivity index (χ0v) is 13.8. The van der Waals surface area contributed by atoms with Crippen LogP contribution in [0.2, 0.25) is 0 Å². The van der Waals surface area contributed by atoms with Crippen LogP contribution >= 0.6 is 24.0 Å². The third kappa shape index (κ3) is 2.98. The van der Waals surface area contributed by atoms with Gasteiger partial charge in [0.1, 0.15) is 10.1 Å². The Morgan fingerprint density at radius 2 is 1.67 bits per heavy atom. The molecular weight excluding hydrogens is 310 g/mol. The van der Waals surface area contributed by atoms with E-state index in [1.165, 1.54) is 16.7 Å². The van der Waals surface area contributed by atoms with Gasteiger partial charge in [0.25, 0.3) is 5.91 Å². The number of hydrogen-bond donors (Lipinski definition) is 0. The van der Waals surface area contributed by atoms with Crippen molar-refractivity contribution in [3.63, 3.8) is 0 Å². The molecule has 21 heavy (non-hydrogen) atoms. The zero-order valence-electron chi connectivity index (χ0n) is 12.1. The number of ether oxygens (including phenoxy) is 3. The molecule has 1 amide bonds. The molecule has 0 unspecified atom stereocenters. The number of carbonyl (C=O) groups is 1. The number of thioether (sulfide) groups is 1. The Balaban J connectivity index is 2.49. The Bertz CT molecular complexity index is 628. The molecule has 1 aromatic carbocycles. The highest BCUT2D eigenvalue weighted by Crippen LogP contribution is 2.38. The van der Waals surface area contributed by atoms with Gasteiger partial charge in [0.2, 0.25) is 0 Å². The maximum atomic E-state index is 12.0. The number of benzene rings is 1. The smallest absolute Gasteiger partial charge is 0.265 e. The van der Waals surface area contributed by atoms with E-state index in [0.29, 0.717) is 26.5 Å². The van der Waals surface area contributed by atoms with Gasteiger partial charge in [-0.25, -0.2) is 0 Å². The first-order chi connectivity index (χ1) is 10.0. The van der Waals surface area contributed by atoms with Crippen LogP contribution in [-0.4, -0.2) is 43.5 Å². The van der Waals surface area contributed by atoms with Crippen molar-refractivity contribution in [3.8, 4) is 17.2 Å². The molecule has 1 aromatic rings. The molecule has 0 N–H and O–H groups in total. The van der Waals surface area contributed by atoms with Gasteiger partial charge in [-0.3, -0.25) is 9.69 Å². The van der Waals surface area contributed by atoms with Crippen LogP contribution in [-0.2, 0) is 4.79 Å². The van der Waals surface area contributed by atoms with Crippen molar-refractivity contribution < 1.29 is 19.0 Å². The topological polar surface area (TPSA) is 48.0 Å². The van der Waals surface area contributed by atoms with Crippen LogP contribution in [0.25, 0.3) is 6.08 Å². The summed E-state index contributed by atoms with van der Waals surface area (Å²) >= 11 is 6.37. The minimum absolute atomic E-state index is 0.123. The highest BCUT2D eigenvalue weighted by atomic mass is 32.2. The predicted octanol–water partition coefficient (Wildman–Crippen LogP) is 2.54. The Morgan fingerprint density at radius 3 is 2.14 bits per heavy atom. The molecule has 1 saturated heterocycles. The SMILES string of the molecule is COc1cc(OC)c(OC)cc1/C=C1\SC(=S)N(C)C1=O. The number of nitrogens with zero attached hydrogens (tertiary/aromatic N) is 1. The lowest BCUT2D eigenvalue weighted by Gasteiger charge is -2.12. The van der Waals surface area contributed by atoms with E-state index in [2.05, 4.69) is 0 Å². The summed E-state index contributed by atoms with van der Waals surface area (Å²) in [4.78, 5) is 14.0. The summed E-state index contributed by atoms with van der Waals surface area (Å²) in [5, 5.41) is 0. The van der Waals surface area contributed by atoms with Crippen molar-refractivity contribution in [1.29, 1.82) is 0 Å². The molecule has 1 heterocycles. The Morgan fingerprint density at radius 1 is 1.10 bits per heavy atom. The average molecular weight is 325 g/mol. The number of likely N-dealkylation sites (N-methyl/N-ethyl adjacent to an activating group) is 1. The fraction of sp³-hybridized carbons (Fsp3) is 0.286. The molecule has 2 rings (SSSR count). The molecule has 1 aliphatic heterocycles. The second-order valence-corrected chi connectivity index (χ2v) is 5.87. The van der Waals surface area contributed by atoms with Crippen molar-refractivity contribution in [2.45, 2.75) is 0 Å². The summed E-state index contributed by atoms with van der Waals surface area (Å²) in [6.45, 7) is 0. The van der Waals surface area contributed by atoms with Crippen molar-refractivity contribution >= 4 is 40.3 Å². The number of amides is 1. The Kier molecular flexibility index (Phi) is 4.74. The molecule has 0 radical (unpaired) electrons. The molecule has 1 aliphatic rings. The number of rotatable bonds is 4. The maximum Gasteiger partial charge on any atom is 0.265 e. The summed E-state index contributed by atoms with van der Waals surface area (Å²) in [6.07, 6.45) is 1.74. The van der Waals surface area contributed by atoms with E-state index in [4.69, 9.17) is 26.4 Å². The zero-order chi connectivity index (χ0) is 15.6. The van der Waals surface area contributed by atoms with Crippen LogP contribution < -0.4 is 14.2 Å². The molecule has 0 aromatic heterocycles. The predicted molar refractivity (Wildman–Crippen MR) is 87.0 cm³/mol. The largest absolute Gasteiger partial charge is 0.496 e. The van der Waals surface area contributed by atoms with Gasteiger partial charge < -0.3 is 14.2 Å². The molecule has 1 fully saturated rings. The Hall–Kier alpha value is -1.73. The van der Waals surface area contributed by atoms with E-state index in [-0.39, 0.29) is 5.91 Å². The highest BCUT2D eigenvalue weighted by Gasteiger charge is 2.29. The maximum absolute atomic E-state index is 12.0. The van der Waals surface area contributed by atoms with Crippen LogP contribution in [0, 0.1) is 0 Å². The van der Waals surface area contributed by atoms with Crippen molar-refractivity contribution in [1.82, 2.24) is 4.90 Å². The highest BCUT2D eigenvalue weighted by molar-refractivity contribution is 8.26. The molecule has 0 bridgehead atoms. The van der Waals surface area contributed by atoms with Crippen molar-refractivity contribution in [3.05, 3.63) is 22.6 Å². The first-order valence-corrected chi connectivity index (χ1v) is 7.25. The Labute approximate surface area is 132 Å². The van der Waals surface area contributed by atoms with E-state index in [0.717, 1.165) is 5.56 Å². The molecule has 7 heteroatoms. The molecule has 0 aliphatic carbocycles. The average Bonchev–Trinajstić information content (AvgIpc) is 2.74. The molecule has 0 saturated carbocycles. The summed E-state index contributed by atoms with van der Waals surface area (Å²) in [6, 6.07) is 3.48. The van der Waals surface area contributed by atoms with Crippen LogP contribution in [0.4, 0.5) is 0 Å². The molecular formula is C14H15NO4S2.